The molecule has 2 nitrogen and oxygen atoms in total. The zero-order valence-electron chi connectivity index (χ0n) is 10.5. The molecule has 3 rings (SSSR count). The number of hydrogen-bond acceptors (Lipinski definition) is 3. The van der Waals surface area contributed by atoms with Crippen molar-refractivity contribution in [1.29, 1.82) is 0 Å². The average molecular weight is 299 g/mol. The number of nitrogens with zero attached hydrogens (tertiary/aromatic N) is 2. The zero-order chi connectivity index (χ0) is 13.8. The first kappa shape index (κ1) is 13.0. The molecule has 0 N–H and O–H groups in total. The first-order valence-electron chi connectivity index (χ1n) is 6.12. The van der Waals surface area contributed by atoms with Crippen LogP contribution in [0.5, 0.6) is 0 Å². The Kier molecular flexibility index (Phi) is 3.90. The highest BCUT2D eigenvalue weighted by molar-refractivity contribution is 7.13. The molecule has 1 heterocycles. The summed E-state index contributed by atoms with van der Waals surface area (Å²) in [5, 5.41) is 3.49. The first-order valence-corrected chi connectivity index (χ1v) is 7.37. The van der Waals surface area contributed by atoms with E-state index in [2.05, 4.69) is 9.98 Å². The van der Waals surface area contributed by atoms with Crippen molar-refractivity contribution >= 4 is 34.3 Å². The molecule has 20 heavy (non-hydrogen) atoms. The fourth-order valence-electron chi connectivity index (χ4n) is 1.74. The summed E-state index contributed by atoms with van der Waals surface area (Å²) in [5.41, 5.74) is 3.07. The van der Waals surface area contributed by atoms with E-state index in [1.807, 2.05) is 60.0 Å². The van der Waals surface area contributed by atoms with Crippen LogP contribution < -0.4 is 0 Å². The van der Waals surface area contributed by atoms with Gasteiger partial charge < -0.3 is 0 Å². The van der Waals surface area contributed by atoms with Gasteiger partial charge in [0, 0.05) is 22.2 Å². The lowest BCUT2D eigenvalue weighted by Gasteiger charge is -1.93. The molecule has 0 spiro atoms. The van der Waals surface area contributed by atoms with Gasteiger partial charge in [-0.25, -0.2) is 9.98 Å². The van der Waals surface area contributed by atoms with Crippen LogP contribution in [0.15, 0.2) is 65.0 Å². The van der Waals surface area contributed by atoms with E-state index in [1.165, 1.54) is 11.3 Å². The minimum Gasteiger partial charge on any atom is -0.227 e. The number of benzene rings is 2. The van der Waals surface area contributed by atoms with Crippen molar-refractivity contribution in [2.24, 2.45) is 4.99 Å². The van der Waals surface area contributed by atoms with Gasteiger partial charge in [-0.15, -0.1) is 11.3 Å². The lowest BCUT2D eigenvalue weighted by molar-refractivity contribution is 1.36. The number of rotatable bonds is 3. The second-order valence-corrected chi connectivity index (χ2v) is 5.46. The second kappa shape index (κ2) is 5.99. The predicted octanol–water partition coefficient (Wildman–Crippen LogP) is 5.21. The van der Waals surface area contributed by atoms with Gasteiger partial charge in [-0.05, 0) is 17.7 Å². The Balaban J connectivity index is 1.79. The van der Waals surface area contributed by atoms with Crippen molar-refractivity contribution in [2.75, 3.05) is 0 Å². The molecular formula is C16H11ClN2S. The van der Waals surface area contributed by atoms with Crippen molar-refractivity contribution in [3.8, 4) is 11.3 Å². The molecule has 2 aromatic carbocycles. The third kappa shape index (κ3) is 3.13. The van der Waals surface area contributed by atoms with E-state index < -0.39 is 0 Å². The number of thiazole rings is 1. The first-order chi connectivity index (χ1) is 9.81. The van der Waals surface area contributed by atoms with E-state index >= 15 is 0 Å². The summed E-state index contributed by atoms with van der Waals surface area (Å²) >= 11 is 7.38. The van der Waals surface area contributed by atoms with Gasteiger partial charge in [0.25, 0.3) is 0 Å². The molecule has 0 fully saturated rings. The van der Waals surface area contributed by atoms with Crippen molar-refractivity contribution in [1.82, 2.24) is 4.98 Å². The molecule has 0 aliphatic rings. The Labute approximate surface area is 126 Å². The van der Waals surface area contributed by atoms with Crippen molar-refractivity contribution in [3.63, 3.8) is 0 Å². The molecule has 0 unspecified atom stereocenters. The molecule has 0 aliphatic heterocycles. The molecule has 4 heteroatoms. The van der Waals surface area contributed by atoms with Crippen LogP contribution in [0, 0.1) is 0 Å². The van der Waals surface area contributed by atoms with Gasteiger partial charge in [0.1, 0.15) is 0 Å². The Hall–Kier alpha value is -1.97. The summed E-state index contributed by atoms with van der Waals surface area (Å²) in [5.74, 6) is 0. The lowest BCUT2D eigenvalue weighted by Crippen LogP contribution is -1.79. The van der Waals surface area contributed by atoms with E-state index in [1.54, 1.807) is 6.21 Å². The van der Waals surface area contributed by atoms with Gasteiger partial charge in [-0.3, -0.25) is 0 Å². The molecular weight excluding hydrogens is 288 g/mol. The van der Waals surface area contributed by atoms with Gasteiger partial charge in [-0.1, -0.05) is 54.1 Å². The molecule has 0 atom stereocenters. The Morgan fingerprint density at radius 1 is 1.00 bits per heavy atom. The van der Waals surface area contributed by atoms with E-state index in [4.69, 9.17) is 11.6 Å². The fraction of sp³-hybridized carbons (Fsp3) is 0. The van der Waals surface area contributed by atoms with Gasteiger partial charge in [0.15, 0.2) is 0 Å². The van der Waals surface area contributed by atoms with Crippen molar-refractivity contribution in [3.05, 3.63) is 70.6 Å². The van der Waals surface area contributed by atoms with Crippen LogP contribution in [0.3, 0.4) is 0 Å². The van der Waals surface area contributed by atoms with Crippen LogP contribution in [0.4, 0.5) is 5.13 Å². The summed E-state index contributed by atoms with van der Waals surface area (Å²) in [7, 11) is 0. The third-order valence-corrected chi connectivity index (χ3v) is 3.76. The molecule has 0 bridgehead atoms. The van der Waals surface area contributed by atoms with Crippen molar-refractivity contribution < 1.29 is 0 Å². The van der Waals surface area contributed by atoms with Crippen molar-refractivity contribution in [2.45, 2.75) is 0 Å². The predicted molar refractivity (Wildman–Crippen MR) is 86.3 cm³/mol. The molecule has 0 amide bonds. The van der Waals surface area contributed by atoms with Crippen LogP contribution in [0.25, 0.3) is 11.3 Å². The van der Waals surface area contributed by atoms with Crippen LogP contribution >= 0.6 is 22.9 Å². The average Bonchev–Trinajstić information content (AvgIpc) is 2.97. The van der Waals surface area contributed by atoms with Crippen LogP contribution in [-0.2, 0) is 0 Å². The molecule has 1 aromatic heterocycles. The topological polar surface area (TPSA) is 25.2 Å². The number of aromatic nitrogens is 1. The minimum atomic E-state index is 0.725. The third-order valence-electron chi connectivity index (χ3n) is 2.76. The highest BCUT2D eigenvalue weighted by atomic mass is 35.5. The maximum Gasteiger partial charge on any atom is 0.209 e. The van der Waals surface area contributed by atoms with E-state index in [9.17, 15) is 0 Å². The number of aliphatic imine (C=N–C) groups is 1. The Bertz CT molecular complexity index is 718. The highest BCUT2D eigenvalue weighted by Gasteiger charge is 2.02. The molecule has 0 saturated carbocycles. The normalized spacial score (nSPS) is 11.1. The fourth-order valence-corrected chi connectivity index (χ4v) is 2.54. The SMILES string of the molecule is Clc1ccc(/C=N\c2nc(-c3ccccc3)cs2)cc1. The summed E-state index contributed by atoms with van der Waals surface area (Å²) in [4.78, 5) is 8.90. The van der Waals surface area contributed by atoms with Crippen LogP contribution in [-0.4, -0.2) is 11.2 Å². The standard InChI is InChI=1S/C16H11ClN2S/c17-14-8-6-12(7-9-14)10-18-16-19-15(11-20-16)13-4-2-1-3-5-13/h1-11H/b18-10-. The molecule has 0 aliphatic carbocycles. The van der Waals surface area contributed by atoms with E-state index in [0.717, 1.165) is 27.0 Å². The maximum atomic E-state index is 5.85. The maximum absolute atomic E-state index is 5.85. The smallest absolute Gasteiger partial charge is 0.209 e. The monoisotopic (exact) mass is 298 g/mol. The summed E-state index contributed by atoms with van der Waals surface area (Å²) in [6, 6.07) is 17.6. The van der Waals surface area contributed by atoms with Crippen LogP contribution in [0.2, 0.25) is 5.02 Å². The van der Waals surface area contributed by atoms with Gasteiger partial charge in [0.05, 0.1) is 5.69 Å². The quantitative estimate of drug-likeness (QED) is 0.609. The lowest BCUT2D eigenvalue weighted by atomic mass is 10.2. The van der Waals surface area contributed by atoms with Crippen LogP contribution in [0.1, 0.15) is 5.56 Å². The van der Waals surface area contributed by atoms with E-state index in [0.29, 0.717) is 0 Å². The van der Waals surface area contributed by atoms with Gasteiger partial charge in [-0.2, -0.15) is 0 Å². The largest absolute Gasteiger partial charge is 0.227 e. The summed E-state index contributed by atoms with van der Waals surface area (Å²) in [6.07, 6.45) is 1.80. The Morgan fingerprint density at radius 3 is 2.50 bits per heavy atom. The number of halogens is 1. The minimum absolute atomic E-state index is 0.725. The Morgan fingerprint density at radius 2 is 1.75 bits per heavy atom. The molecule has 98 valence electrons. The number of hydrogen-bond donors (Lipinski definition) is 0. The summed E-state index contributed by atoms with van der Waals surface area (Å²) < 4.78 is 0. The molecule has 0 saturated heterocycles. The van der Waals surface area contributed by atoms with Gasteiger partial charge >= 0.3 is 0 Å². The molecule has 3 aromatic rings. The van der Waals surface area contributed by atoms with Gasteiger partial charge in [0.2, 0.25) is 5.13 Å². The highest BCUT2D eigenvalue weighted by Crippen LogP contribution is 2.26. The summed E-state index contributed by atoms with van der Waals surface area (Å²) in [6.45, 7) is 0. The zero-order valence-corrected chi connectivity index (χ0v) is 12.1. The second-order valence-electron chi connectivity index (χ2n) is 4.19. The molecule has 0 radical (unpaired) electrons. The van der Waals surface area contributed by atoms with E-state index in [-0.39, 0.29) is 0 Å².